The number of carbonyl (C=O) groups excluding carboxylic acids is 1. The summed E-state index contributed by atoms with van der Waals surface area (Å²) in [6.45, 7) is 3.97. The van der Waals surface area contributed by atoms with Gasteiger partial charge < -0.3 is 20.7 Å². The average Bonchev–Trinajstić information content (AvgIpc) is 2.87. The Bertz CT molecular complexity index is 712. The summed E-state index contributed by atoms with van der Waals surface area (Å²) in [5, 5.41) is 11.8. The quantitative estimate of drug-likeness (QED) is 0.666. The van der Waals surface area contributed by atoms with Crippen molar-refractivity contribution in [2.24, 2.45) is 11.8 Å². The van der Waals surface area contributed by atoms with Crippen molar-refractivity contribution in [3.63, 3.8) is 0 Å². The zero-order chi connectivity index (χ0) is 17.0. The number of aromatic nitrogens is 4. The van der Waals surface area contributed by atoms with E-state index in [4.69, 9.17) is 10.8 Å². The maximum absolute atomic E-state index is 12.0. The minimum atomic E-state index is -0.910. The third-order valence-corrected chi connectivity index (χ3v) is 3.39. The molecule has 9 nitrogen and oxygen atoms in total. The first-order chi connectivity index (χ1) is 10.9. The molecule has 1 atom stereocenters. The molecule has 2 rings (SSSR count). The molecule has 1 amide bonds. The molecule has 2 aromatic heterocycles. The predicted molar refractivity (Wildman–Crippen MR) is 83.3 cm³/mol. The van der Waals surface area contributed by atoms with Crippen LogP contribution in [-0.2, 0) is 16.1 Å². The highest BCUT2D eigenvalue weighted by molar-refractivity contribution is 5.83. The summed E-state index contributed by atoms with van der Waals surface area (Å²) in [5.41, 5.74) is 6.58. The van der Waals surface area contributed by atoms with Crippen molar-refractivity contribution in [1.29, 1.82) is 0 Å². The van der Waals surface area contributed by atoms with Crippen molar-refractivity contribution in [3.8, 4) is 0 Å². The van der Waals surface area contributed by atoms with Crippen LogP contribution in [0.15, 0.2) is 12.7 Å². The molecule has 1 unspecified atom stereocenters. The van der Waals surface area contributed by atoms with Gasteiger partial charge in [-0.15, -0.1) is 0 Å². The molecule has 4 N–H and O–H groups in total. The van der Waals surface area contributed by atoms with Gasteiger partial charge in [-0.2, -0.15) is 0 Å². The fraction of sp³-hybridized carbons (Fsp3) is 0.500. The van der Waals surface area contributed by atoms with Gasteiger partial charge in [0.2, 0.25) is 5.91 Å². The van der Waals surface area contributed by atoms with E-state index in [0.29, 0.717) is 17.6 Å². The van der Waals surface area contributed by atoms with E-state index in [9.17, 15) is 9.59 Å². The van der Waals surface area contributed by atoms with Gasteiger partial charge in [-0.05, 0) is 12.3 Å². The summed E-state index contributed by atoms with van der Waals surface area (Å²) < 4.78 is 1.54. The maximum atomic E-state index is 12.0. The third-order valence-electron chi connectivity index (χ3n) is 3.39. The second-order valence-electron chi connectivity index (χ2n) is 5.77. The summed E-state index contributed by atoms with van der Waals surface area (Å²) in [7, 11) is 0. The minimum Gasteiger partial charge on any atom is -0.481 e. The number of nitrogens with one attached hydrogen (secondary N) is 1. The number of rotatable bonds is 7. The van der Waals surface area contributed by atoms with E-state index in [1.54, 1.807) is 4.57 Å². The molecule has 23 heavy (non-hydrogen) atoms. The highest BCUT2D eigenvalue weighted by Gasteiger charge is 2.20. The van der Waals surface area contributed by atoms with Gasteiger partial charge in [0.05, 0.1) is 12.2 Å². The Kier molecular flexibility index (Phi) is 5.09. The molecule has 9 heteroatoms. The summed E-state index contributed by atoms with van der Waals surface area (Å²) in [5.74, 6) is -1.33. The number of hydrogen-bond acceptors (Lipinski definition) is 6. The van der Waals surface area contributed by atoms with Crippen LogP contribution in [0, 0.1) is 11.8 Å². The molecular weight excluding hydrogens is 300 g/mol. The fourth-order valence-electron chi connectivity index (χ4n) is 2.30. The number of fused-ring (bicyclic) bond motifs is 1. The van der Waals surface area contributed by atoms with E-state index in [1.165, 1.54) is 12.7 Å². The molecule has 2 heterocycles. The van der Waals surface area contributed by atoms with Crippen LogP contribution in [0.2, 0.25) is 0 Å². The minimum absolute atomic E-state index is 0.0129. The first-order valence-electron chi connectivity index (χ1n) is 7.29. The van der Waals surface area contributed by atoms with E-state index < -0.39 is 11.9 Å². The molecule has 0 spiro atoms. The Morgan fingerprint density at radius 1 is 1.35 bits per heavy atom. The Labute approximate surface area is 132 Å². The lowest BCUT2D eigenvalue weighted by Crippen LogP contribution is -2.35. The van der Waals surface area contributed by atoms with Gasteiger partial charge in [0.25, 0.3) is 0 Å². The van der Waals surface area contributed by atoms with Crippen LogP contribution in [-0.4, -0.2) is 43.0 Å². The van der Waals surface area contributed by atoms with Crippen molar-refractivity contribution in [1.82, 2.24) is 24.8 Å². The molecule has 0 saturated carbocycles. The second kappa shape index (κ2) is 7.03. The highest BCUT2D eigenvalue weighted by Crippen LogP contribution is 2.14. The van der Waals surface area contributed by atoms with Gasteiger partial charge in [-0.3, -0.25) is 9.59 Å². The van der Waals surface area contributed by atoms with Crippen LogP contribution in [0.4, 0.5) is 5.82 Å². The molecule has 0 aliphatic heterocycles. The zero-order valence-electron chi connectivity index (χ0n) is 13.1. The zero-order valence-corrected chi connectivity index (χ0v) is 13.1. The highest BCUT2D eigenvalue weighted by atomic mass is 16.4. The number of anilines is 1. The van der Waals surface area contributed by atoms with Crippen LogP contribution in [0.1, 0.15) is 20.3 Å². The van der Waals surface area contributed by atoms with Crippen molar-refractivity contribution in [2.75, 3.05) is 12.3 Å². The molecule has 0 aromatic carbocycles. The van der Waals surface area contributed by atoms with Crippen molar-refractivity contribution in [2.45, 2.75) is 26.8 Å². The largest absolute Gasteiger partial charge is 0.481 e. The Morgan fingerprint density at radius 2 is 2.09 bits per heavy atom. The van der Waals surface area contributed by atoms with Crippen LogP contribution in [0.25, 0.3) is 11.2 Å². The summed E-state index contributed by atoms with van der Waals surface area (Å²) >= 11 is 0. The van der Waals surface area contributed by atoms with Crippen molar-refractivity contribution >= 4 is 28.9 Å². The number of nitrogen functional groups attached to an aromatic ring is 1. The predicted octanol–water partition coefficient (Wildman–Crippen LogP) is 0.272. The number of aliphatic carboxylic acids is 1. The van der Waals surface area contributed by atoms with E-state index >= 15 is 0 Å². The fourth-order valence-corrected chi connectivity index (χ4v) is 2.30. The first-order valence-corrected chi connectivity index (χ1v) is 7.29. The molecule has 0 aliphatic rings. The Balaban J connectivity index is 1.98. The van der Waals surface area contributed by atoms with Crippen LogP contribution in [0.5, 0.6) is 0 Å². The molecule has 0 bridgehead atoms. The molecule has 0 radical (unpaired) electrons. The molecular formula is C14H20N6O3. The van der Waals surface area contributed by atoms with E-state index in [0.717, 1.165) is 0 Å². The molecule has 0 fully saturated rings. The summed E-state index contributed by atoms with van der Waals surface area (Å²) in [6, 6.07) is 0. The molecule has 2 aromatic rings. The number of carbonyl (C=O) groups is 2. The summed E-state index contributed by atoms with van der Waals surface area (Å²) in [6.07, 6.45) is 3.27. The lowest BCUT2D eigenvalue weighted by molar-refractivity contribution is -0.142. The number of amides is 1. The van der Waals surface area contributed by atoms with Gasteiger partial charge in [0.15, 0.2) is 11.5 Å². The standard InChI is InChI=1S/C14H20N6O3/c1-8(2)3-9(14(22)23)4-16-10(21)5-20-7-19-11-12(15)17-6-18-13(11)20/h6-9H,3-5H2,1-2H3,(H,16,21)(H,22,23)(H2,15,17,18). The van der Waals surface area contributed by atoms with Crippen molar-refractivity contribution in [3.05, 3.63) is 12.7 Å². The summed E-state index contributed by atoms with van der Waals surface area (Å²) in [4.78, 5) is 35.2. The van der Waals surface area contributed by atoms with Crippen LogP contribution < -0.4 is 11.1 Å². The van der Waals surface area contributed by atoms with E-state index in [1.807, 2.05) is 13.8 Å². The average molecular weight is 320 g/mol. The normalized spacial score (nSPS) is 12.5. The molecule has 0 aliphatic carbocycles. The van der Waals surface area contributed by atoms with Gasteiger partial charge in [-0.25, -0.2) is 15.0 Å². The van der Waals surface area contributed by atoms with Crippen LogP contribution >= 0.6 is 0 Å². The molecule has 0 saturated heterocycles. The number of nitrogens with zero attached hydrogens (tertiary/aromatic N) is 4. The number of hydrogen-bond donors (Lipinski definition) is 3. The Morgan fingerprint density at radius 3 is 2.74 bits per heavy atom. The van der Waals surface area contributed by atoms with Crippen LogP contribution in [0.3, 0.4) is 0 Å². The van der Waals surface area contributed by atoms with Gasteiger partial charge >= 0.3 is 5.97 Å². The second-order valence-corrected chi connectivity index (χ2v) is 5.77. The lowest BCUT2D eigenvalue weighted by Gasteiger charge is -2.15. The lowest BCUT2D eigenvalue weighted by atomic mass is 9.97. The van der Waals surface area contributed by atoms with Gasteiger partial charge in [0.1, 0.15) is 18.4 Å². The van der Waals surface area contributed by atoms with E-state index in [-0.39, 0.29) is 30.7 Å². The SMILES string of the molecule is CC(C)CC(CNC(=O)Cn1cnc2c(N)ncnc21)C(=O)O. The number of carboxylic acid groups (broad SMARTS) is 1. The topological polar surface area (TPSA) is 136 Å². The van der Waals surface area contributed by atoms with Gasteiger partial charge in [0, 0.05) is 6.54 Å². The van der Waals surface area contributed by atoms with Crippen molar-refractivity contribution < 1.29 is 14.7 Å². The number of carboxylic acids is 1. The third kappa shape index (κ3) is 4.15. The first kappa shape index (κ1) is 16.7. The monoisotopic (exact) mass is 320 g/mol. The maximum Gasteiger partial charge on any atom is 0.308 e. The number of nitrogens with two attached hydrogens (primary N) is 1. The smallest absolute Gasteiger partial charge is 0.308 e. The molecule has 124 valence electrons. The van der Waals surface area contributed by atoms with Gasteiger partial charge in [-0.1, -0.05) is 13.8 Å². The Hall–Kier alpha value is -2.71. The van der Waals surface area contributed by atoms with E-state index in [2.05, 4.69) is 20.3 Å². The number of imidazole rings is 1.